The second kappa shape index (κ2) is 10.8. The summed E-state index contributed by atoms with van der Waals surface area (Å²) in [5, 5.41) is 24.1. The summed E-state index contributed by atoms with van der Waals surface area (Å²) in [5.74, 6) is -3.17. The largest absolute Gasteiger partial charge is 0.475 e. The lowest BCUT2D eigenvalue weighted by Gasteiger charge is -1.93. The van der Waals surface area contributed by atoms with Crippen LogP contribution in [0.2, 0.25) is 0 Å². The molecule has 0 aliphatic heterocycles. The zero-order chi connectivity index (χ0) is 18.7. The van der Waals surface area contributed by atoms with E-state index in [2.05, 4.69) is 4.98 Å². The van der Waals surface area contributed by atoms with Crippen LogP contribution in [0.5, 0.6) is 0 Å². The van der Waals surface area contributed by atoms with Crippen molar-refractivity contribution in [1.82, 2.24) is 4.98 Å². The number of aliphatic hydroxyl groups excluding tert-OH is 2. The predicted molar refractivity (Wildman–Crippen MR) is 85.5 cm³/mol. The molecule has 2 rings (SSSR count). The molecule has 1 atom stereocenters. The highest BCUT2D eigenvalue weighted by molar-refractivity contribution is 6.34. The number of ketones is 2. The number of hydrogen-bond acceptors (Lipinski definition) is 6. The molecule has 0 fully saturated rings. The number of Topliss-reactive ketones (excluding diaryl/α,β-unsaturated/α-hetero) is 2. The first-order valence-corrected chi connectivity index (χ1v) is 6.79. The Bertz CT molecular complexity index is 703. The molecule has 0 spiro atoms. The predicted octanol–water partition coefficient (Wildman–Crippen LogP) is 0.108. The van der Waals surface area contributed by atoms with Gasteiger partial charge in [0.25, 0.3) is 5.78 Å². The smallest absolute Gasteiger partial charge is 0.374 e. The second-order valence-electron chi connectivity index (χ2n) is 4.47. The van der Waals surface area contributed by atoms with Gasteiger partial charge in [-0.15, -0.1) is 0 Å². The maximum absolute atomic E-state index is 10.9. The summed E-state index contributed by atoms with van der Waals surface area (Å²) in [6.07, 6.45) is 0.911. The van der Waals surface area contributed by atoms with Gasteiger partial charge in [-0.1, -0.05) is 18.2 Å². The average molecular weight is 337 g/mol. The molecule has 0 saturated heterocycles. The number of carbonyl (C=O) groups excluding carboxylic acids is 3. The Morgan fingerprint density at radius 3 is 2.25 bits per heavy atom. The summed E-state index contributed by atoms with van der Waals surface area (Å²) >= 11 is 0. The van der Waals surface area contributed by atoms with Crippen molar-refractivity contribution in [1.29, 1.82) is 0 Å². The maximum Gasteiger partial charge on any atom is 0.374 e. The number of carboxylic acid groups (broad SMARTS) is 1. The van der Waals surface area contributed by atoms with Gasteiger partial charge in [0.2, 0.25) is 0 Å². The first-order valence-electron chi connectivity index (χ1n) is 6.79. The van der Waals surface area contributed by atoms with Gasteiger partial charge in [-0.05, 0) is 18.6 Å². The molecule has 8 nitrogen and oxygen atoms in total. The number of fused-ring (bicyclic) bond motifs is 1. The van der Waals surface area contributed by atoms with Crippen molar-refractivity contribution in [2.75, 3.05) is 7.11 Å². The summed E-state index contributed by atoms with van der Waals surface area (Å²) in [4.78, 5) is 43.8. The van der Waals surface area contributed by atoms with Crippen LogP contribution >= 0.6 is 0 Å². The van der Waals surface area contributed by atoms with E-state index >= 15 is 0 Å². The Morgan fingerprint density at radius 2 is 1.79 bits per heavy atom. The first kappa shape index (κ1) is 21.2. The fourth-order valence-electron chi connectivity index (χ4n) is 1.69. The van der Waals surface area contributed by atoms with E-state index < -0.39 is 23.6 Å². The lowest BCUT2D eigenvalue weighted by Crippen LogP contribution is -2.24. The van der Waals surface area contributed by atoms with Gasteiger partial charge in [0.1, 0.15) is 6.10 Å². The maximum atomic E-state index is 10.9. The summed E-state index contributed by atoms with van der Waals surface area (Å²) in [5.41, 5.74) is 1.86. The molecule has 0 saturated carbocycles. The zero-order valence-electron chi connectivity index (χ0n) is 13.2. The fourth-order valence-corrected chi connectivity index (χ4v) is 1.69. The van der Waals surface area contributed by atoms with Gasteiger partial charge in [0.15, 0.2) is 12.1 Å². The van der Waals surface area contributed by atoms with Gasteiger partial charge in [0, 0.05) is 30.6 Å². The molecular weight excluding hydrogens is 318 g/mol. The summed E-state index contributed by atoms with van der Waals surface area (Å²) in [6, 6.07) is 7.69. The van der Waals surface area contributed by atoms with Crippen LogP contribution in [0.1, 0.15) is 12.5 Å². The van der Waals surface area contributed by atoms with E-state index in [-0.39, 0.29) is 6.42 Å². The molecule has 24 heavy (non-hydrogen) atoms. The van der Waals surface area contributed by atoms with Crippen LogP contribution in [0, 0.1) is 0 Å². The molecule has 2 aromatic rings. The van der Waals surface area contributed by atoms with E-state index in [4.69, 9.17) is 15.3 Å². The number of aliphatic carboxylic acids is 1. The van der Waals surface area contributed by atoms with Gasteiger partial charge in [-0.3, -0.25) is 14.4 Å². The number of rotatable bonds is 5. The minimum absolute atomic E-state index is 0.174. The quantitative estimate of drug-likeness (QED) is 0.447. The number of aromatic amines is 1. The van der Waals surface area contributed by atoms with Crippen LogP contribution in [0.15, 0.2) is 30.5 Å². The number of nitrogens with one attached hydrogen (secondary N) is 1. The lowest BCUT2D eigenvalue weighted by atomic mass is 10.1. The SMILES string of the molecule is CC(O)C(=O)C(=O)O.CO.O=CC(=O)Cc1c[nH]c2ccccc12. The molecular formula is C16H19NO7. The number of carboxylic acids is 1. The molecule has 130 valence electrons. The number of aliphatic hydroxyl groups is 2. The molecule has 4 N–H and O–H groups in total. The Morgan fingerprint density at radius 1 is 1.21 bits per heavy atom. The van der Waals surface area contributed by atoms with Gasteiger partial charge < -0.3 is 20.3 Å². The third-order valence-corrected chi connectivity index (χ3v) is 2.76. The molecule has 0 bridgehead atoms. The van der Waals surface area contributed by atoms with E-state index in [0.717, 1.165) is 30.5 Å². The Labute approximate surface area is 137 Å². The zero-order valence-corrected chi connectivity index (χ0v) is 13.2. The van der Waals surface area contributed by atoms with E-state index in [1.165, 1.54) is 0 Å². The normalized spacial score (nSPS) is 10.5. The van der Waals surface area contributed by atoms with Crippen LogP contribution in [0.25, 0.3) is 10.9 Å². The van der Waals surface area contributed by atoms with Crippen molar-refractivity contribution in [3.63, 3.8) is 0 Å². The van der Waals surface area contributed by atoms with Gasteiger partial charge >= 0.3 is 5.97 Å². The highest BCUT2D eigenvalue weighted by Crippen LogP contribution is 2.17. The molecule has 0 amide bonds. The lowest BCUT2D eigenvalue weighted by molar-refractivity contribution is -0.152. The third-order valence-electron chi connectivity index (χ3n) is 2.76. The molecule has 1 aromatic heterocycles. The van der Waals surface area contributed by atoms with Crippen LogP contribution in [-0.4, -0.2) is 57.3 Å². The number of benzene rings is 1. The van der Waals surface area contributed by atoms with E-state index in [1.807, 2.05) is 24.3 Å². The molecule has 1 unspecified atom stereocenters. The van der Waals surface area contributed by atoms with Crippen LogP contribution < -0.4 is 0 Å². The third kappa shape index (κ3) is 6.51. The van der Waals surface area contributed by atoms with Crippen molar-refractivity contribution in [3.8, 4) is 0 Å². The molecule has 0 aliphatic rings. The standard InChI is InChI=1S/C11H9NO2.C4H6O4.CH4O/c13-7-9(14)5-8-6-12-11-4-2-1-3-10(8)11;1-2(5)3(6)4(7)8;1-2/h1-4,6-7,12H,5H2;2,5H,1H3,(H,7,8);2H,1H3. The van der Waals surface area contributed by atoms with Crippen molar-refractivity contribution in [3.05, 3.63) is 36.0 Å². The second-order valence-corrected chi connectivity index (χ2v) is 4.47. The Kier molecular flexibility index (Phi) is 9.53. The number of H-pyrrole nitrogens is 1. The van der Waals surface area contributed by atoms with Crippen LogP contribution in [-0.2, 0) is 25.6 Å². The molecule has 1 aromatic carbocycles. The van der Waals surface area contributed by atoms with E-state index in [0.29, 0.717) is 6.29 Å². The minimum atomic E-state index is -1.60. The van der Waals surface area contributed by atoms with Crippen molar-refractivity contribution >= 4 is 34.7 Å². The monoisotopic (exact) mass is 337 g/mol. The van der Waals surface area contributed by atoms with Gasteiger partial charge in [-0.25, -0.2) is 4.79 Å². The van der Waals surface area contributed by atoms with E-state index in [9.17, 15) is 19.2 Å². The van der Waals surface area contributed by atoms with Gasteiger partial charge in [-0.2, -0.15) is 0 Å². The number of carbonyl (C=O) groups is 4. The molecule has 8 heteroatoms. The topological polar surface area (TPSA) is 145 Å². The van der Waals surface area contributed by atoms with E-state index in [1.54, 1.807) is 6.20 Å². The van der Waals surface area contributed by atoms with Gasteiger partial charge in [0.05, 0.1) is 0 Å². The first-order chi connectivity index (χ1) is 11.4. The van der Waals surface area contributed by atoms with Crippen LogP contribution in [0.4, 0.5) is 0 Å². The number of hydrogen-bond donors (Lipinski definition) is 4. The number of para-hydroxylation sites is 1. The minimum Gasteiger partial charge on any atom is -0.475 e. The highest BCUT2D eigenvalue weighted by Gasteiger charge is 2.16. The Hall–Kier alpha value is -2.84. The number of aldehydes is 1. The van der Waals surface area contributed by atoms with Crippen LogP contribution in [0.3, 0.4) is 0 Å². The summed E-state index contributed by atoms with van der Waals surface area (Å²) < 4.78 is 0. The average Bonchev–Trinajstić information content (AvgIpc) is 2.99. The van der Waals surface area contributed by atoms with Crippen molar-refractivity contribution in [2.45, 2.75) is 19.4 Å². The summed E-state index contributed by atoms with van der Waals surface area (Å²) in [6.45, 7) is 1.11. The Balaban J connectivity index is 0.000000456. The molecule has 1 heterocycles. The summed E-state index contributed by atoms with van der Waals surface area (Å²) in [7, 11) is 1.00. The van der Waals surface area contributed by atoms with Crippen molar-refractivity contribution < 1.29 is 34.5 Å². The molecule has 0 aliphatic carbocycles. The molecule has 0 radical (unpaired) electrons. The fraction of sp³-hybridized carbons (Fsp3) is 0.250. The van der Waals surface area contributed by atoms with Crippen molar-refractivity contribution in [2.24, 2.45) is 0 Å². The number of aromatic nitrogens is 1. The highest BCUT2D eigenvalue weighted by atomic mass is 16.4.